The Morgan fingerprint density at radius 1 is 0.968 bits per heavy atom. The van der Waals surface area contributed by atoms with Crippen LogP contribution >= 0.6 is 0 Å². The van der Waals surface area contributed by atoms with Gasteiger partial charge in [-0.3, -0.25) is 9.59 Å². The Morgan fingerprint density at radius 3 is 2.29 bits per heavy atom. The molecule has 2 amide bonds. The summed E-state index contributed by atoms with van der Waals surface area (Å²) in [6.45, 7) is 0.998. The molecule has 0 aliphatic carbocycles. The lowest BCUT2D eigenvalue weighted by atomic mass is 9.96. The topological polar surface area (TPSA) is 102 Å². The molecule has 2 N–H and O–H groups in total. The molecule has 0 atom stereocenters. The van der Waals surface area contributed by atoms with Crippen molar-refractivity contribution in [3.8, 4) is 0 Å². The minimum Gasteiger partial charge on any atom is -0.369 e. The van der Waals surface area contributed by atoms with Crippen molar-refractivity contribution < 1.29 is 18.0 Å². The Kier molecular flexibility index (Phi) is 5.82. The zero-order valence-corrected chi connectivity index (χ0v) is 17.9. The predicted molar refractivity (Wildman–Crippen MR) is 118 cm³/mol. The monoisotopic (exact) mass is 439 g/mol. The van der Waals surface area contributed by atoms with Gasteiger partial charge in [-0.15, -0.1) is 0 Å². The number of hydrogen-bond donors (Lipinski definition) is 1. The first-order chi connectivity index (χ1) is 14.8. The minimum absolute atomic E-state index is 0.0443. The van der Waals surface area contributed by atoms with E-state index in [-0.39, 0.29) is 34.9 Å². The van der Waals surface area contributed by atoms with Crippen molar-refractivity contribution in [2.24, 2.45) is 11.7 Å². The number of sulfone groups is 1. The molecular weight excluding hydrogens is 414 g/mol. The van der Waals surface area contributed by atoms with Crippen LogP contribution in [0.3, 0.4) is 0 Å². The predicted octanol–water partition coefficient (Wildman–Crippen LogP) is 2.34. The number of fused-ring (bicyclic) bond motifs is 1. The molecule has 0 radical (unpaired) electrons. The van der Waals surface area contributed by atoms with Gasteiger partial charge in [-0.1, -0.05) is 48.5 Å². The molecule has 0 spiro atoms. The first-order valence-electron chi connectivity index (χ1n) is 10.3. The molecule has 2 heterocycles. The Hall–Kier alpha value is -3.13. The van der Waals surface area contributed by atoms with Gasteiger partial charge >= 0.3 is 0 Å². The summed E-state index contributed by atoms with van der Waals surface area (Å²) in [7, 11) is -3.59. The van der Waals surface area contributed by atoms with Crippen LogP contribution in [0.5, 0.6) is 0 Å². The third-order valence-electron chi connectivity index (χ3n) is 5.84. The number of benzene rings is 2. The lowest BCUT2D eigenvalue weighted by molar-refractivity contribution is -0.135. The van der Waals surface area contributed by atoms with E-state index < -0.39 is 9.84 Å². The first-order valence-corrected chi connectivity index (χ1v) is 11.9. The van der Waals surface area contributed by atoms with E-state index in [1.807, 2.05) is 30.3 Å². The van der Waals surface area contributed by atoms with Crippen LogP contribution in [0.15, 0.2) is 65.7 Å². The van der Waals surface area contributed by atoms with Gasteiger partial charge in [-0.05, 0) is 24.5 Å². The van der Waals surface area contributed by atoms with E-state index in [2.05, 4.69) is 0 Å². The smallest absolute Gasteiger partial charge is 0.242 e. The van der Waals surface area contributed by atoms with E-state index in [0.717, 1.165) is 0 Å². The van der Waals surface area contributed by atoms with Crippen LogP contribution in [0, 0.1) is 5.92 Å². The van der Waals surface area contributed by atoms with Crippen molar-refractivity contribution in [2.45, 2.75) is 30.0 Å². The lowest BCUT2D eigenvalue weighted by Gasteiger charge is -2.30. The number of aromatic nitrogens is 1. The Balaban J connectivity index is 1.58. The average molecular weight is 440 g/mol. The highest BCUT2D eigenvalue weighted by molar-refractivity contribution is 7.90. The zero-order valence-electron chi connectivity index (χ0n) is 17.1. The Morgan fingerprint density at radius 2 is 1.61 bits per heavy atom. The van der Waals surface area contributed by atoms with Crippen LogP contribution in [0.1, 0.15) is 18.4 Å². The fourth-order valence-electron chi connectivity index (χ4n) is 4.12. The van der Waals surface area contributed by atoms with Gasteiger partial charge in [0, 0.05) is 36.1 Å². The maximum atomic E-state index is 13.2. The number of primary amides is 1. The molecule has 0 saturated carbocycles. The van der Waals surface area contributed by atoms with Gasteiger partial charge in [-0.2, -0.15) is 0 Å². The second kappa shape index (κ2) is 8.55. The summed E-state index contributed by atoms with van der Waals surface area (Å²) in [4.78, 5) is 26.2. The Bertz CT molecular complexity index is 1210. The normalized spacial score (nSPS) is 15.3. The van der Waals surface area contributed by atoms with E-state index in [4.69, 9.17) is 5.73 Å². The first kappa shape index (κ1) is 21.1. The van der Waals surface area contributed by atoms with Crippen molar-refractivity contribution >= 4 is 32.6 Å². The molecule has 8 heteroatoms. The Labute approximate surface area is 181 Å². The summed E-state index contributed by atoms with van der Waals surface area (Å²) in [6.07, 6.45) is 2.69. The number of para-hydroxylation sites is 1. The van der Waals surface area contributed by atoms with Gasteiger partial charge in [0.05, 0.1) is 10.6 Å². The number of nitrogens with zero attached hydrogens (tertiary/aromatic N) is 2. The van der Waals surface area contributed by atoms with Gasteiger partial charge in [-0.25, -0.2) is 8.42 Å². The number of rotatable bonds is 6. The van der Waals surface area contributed by atoms with Crippen LogP contribution < -0.4 is 5.73 Å². The molecule has 162 valence electrons. The molecule has 1 aliphatic rings. The molecule has 7 nitrogen and oxygen atoms in total. The second-order valence-electron chi connectivity index (χ2n) is 7.94. The van der Waals surface area contributed by atoms with Crippen LogP contribution in [-0.4, -0.2) is 42.8 Å². The lowest BCUT2D eigenvalue weighted by Crippen LogP contribution is -2.42. The highest BCUT2D eigenvalue weighted by Crippen LogP contribution is 2.28. The number of carbonyl (C=O) groups is 2. The zero-order chi connectivity index (χ0) is 22.0. The number of nitrogens with two attached hydrogens (primary N) is 1. The number of likely N-dealkylation sites (tertiary alicyclic amines) is 1. The van der Waals surface area contributed by atoms with Crippen molar-refractivity contribution in [3.63, 3.8) is 0 Å². The SMILES string of the molecule is NC(=O)C1CCN(C(=O)Cn2cc(S(=O)(=O)Cc3ccccc3)c3ccccc32)CC1. The molecule has 1 aromatic heterocycles. The summed E-state index contributed by atoms with van der Waals surface area (Å²) < 4.78 is 28.0. The van der Waals surface area contributed by atoms with Crippen molar-refractivity contribution in [1.29, 1.82) is 0 Å². The molecule has 0 bridgehead atoms. The highest BCUT2D eigenvalue weighted by Gasteiger charge is 2.27. The van der Waals surface area contributed by atoms with E-state index in [1.165, 1.54) is 0 Å². The molecule has 31 heavy (non-hydrogen) atoms. The van der Waals surface area contributed by atoms with Crippen LogP contribution in [0.4, 0.5) is 0 Å². The molecule has 3 aromatic rings. The maximum Gasteiger partial charge on any atom is 0.242 e. The number of hydrogen-bond acceptors (Lipinski definition) is 4. The molecule has 0 unspecified atom stereocenters. The summed E-state index contributed by atoms with van der Waals surface area (Å²) in [5.74, 6) is -0.713. The summed E-state index contributed by atoms with van der Waals surface area (Å²) in [5, 5.41) is 0.610. The summed E-state index contributed by atoms with van der Waals surface area (Å²) in [6, 6.07) is 16.3. The van der Waals surface area contributed by atoms with Gasteiger partial charge in [0.15, 0.2) is 9.84 Å². The molecule has 1 saturated heterocycles. The highest BCUT2D eigenvalue weighted by atomic mass is 32.2. The van der Waals surface area contributed by atoms with Gasteiger partial charge in [0.2, 0.25) is 11.8 Å². The van der Waals surface area contributed by atoms with Crippen LogP contribution in [0.2, 0.25) is 0 Å². The second-order valence-corrected chi connectivity index (χ2v) is 9.90. The van der Waals surface area contributed by atoms with E-state index >= 15 is 0 Å². The van der Waals surface area contributed by atoms with Gasteiger partial charge in [0.25, 0.3) is 0 Å². The molecule has 4 rings (SSSR count). The van der Waals surface area contributed by atoms with Gasteiger partial charge in [0.1, 0.15) is 6.54 Å². The van der Waals surface area contributed by atoms with Crippen molar-refractivity contribution in [3.05, 3.63) is 66.4 Å². The quantitative estimate of drug-likeness (QED) is 0.637. The fraction of sp³-hybridized carbons (Fsp3) is 0.304. The van der Waals surface area contributed by atoms with Crippen molar-refractivity contribution in [2.75, 3.05) is 13.1 Å². The maximum absolute atomic E-state index is 13.2. The van der Waals surface area contributed by atoms with Crippen LogP contribution in [-0.2, 0) is 31.7 Å². The van der Waals surface area contributed by atoms with E-state index in [9.17, 15) is 18.0 Å². The standard InChI is InChI=1S/C23H25N3O4S/c24-23(28)18-10-12-25(13-11-18)22(27)15-26-14-21(19-8-4-5-9-20(19)26)31(29,30)16-17-6-2-1-3-7-17/h1-9,14,18H,10-13,15-16H2,(H2,24,28). The number of piperidine rings is 1. The molecule has 1 fully saturated rings. The summed E-state index contributed by atoms with van der Waals surface area (Å²) in [5.41, 5.74) is 6.79. The van der Waals surface area contributed by atoms with Gasteiger partial charge < -0.3 is 15.2 Å². The number of carbonyl (C=O) groups excluding carboxylic acids is 2. The van der Waals surface area contributed by atoms with E-state index in [1.54, 1.807) is 39.9 Å². The van der Waals surface area contributed by atoms with Crippen molar-refractivity contribution in [1.82, 2.24) is 9.47 Å². The van der Waals surface area contributed by atoms with Crippen LogP contribution in [0.25, 0.3) is 10.9 Å². The summed E-state index contributed by atoms with van der Waals surface area (Å²) >= 11 is 0. The third kappa shape index (κ3) is 4.49. The largest absolute Gasteiger partial charge is 0.369 e. The van der Waals surface area contributed by atoms with E-state index in [0.29, 0.717) is 42.4 Å². The number of amides is 2. The molecular formula is C23H25N3O4S. The average Bonchev–Trinajstić information content (AvgIpc) is 3.14. The minimum atomic E-state index is -3.59. The fourth-order valence-corrected chi connectivity index (χ4v) is 5.70. The third-order valence-corrected chi connectivity index (χ3v) is 7.55. The molecule has 1 aliphatic heterocycles. The molecule has 2 aromatic carbocycles.